The van der Waals surface area contributed by atoms with Crippen LogP contribution in [0.4, 0.5) is 8.78 Å². The Morgan fingerprint density at radius 2 is 1.55 bits per heavy atom. The maximum Gasteiger partial charge on any atom is 0.260 e. The van der Waals surface area contributed by atoms with E-state index in [1.54, 1.807) is 6.92 Å². The van der Waals surface area contributed by atoms with Gasteiger partial charge in [0.2, 0.25) is 0 Å². The number of rotatable bonds is 3. The summed E-state index contributed by atoms with van der Waals surface area (Å²) in [5.74, 6) is -2.70. The van der Waals surface area contributed by atoms with Gasteiger partial charge in [0.1, 0.15) is 0 Å². The van der Waals surface area contributed by atoms with Gasteiger partial charge in [-0.25, -0.2) is 8.78 Å². The van der Waals surface area contributed by atoms with E-state index in [-0.39, 0.29) is 11.8 Å². The lowest BCUT2D eigenvalue weighted by atomic mass is 9.88. The third kappa shape index (κ3) is 3.14. The van der Waals surface area contributed by atoms with Crippen molar-refractivity contribution < 1.29 is 8.78 Å². The van der Waals surface area contributed by atoms with E-state index in [1.165, 1.54) is 0 Å². The summed E-state index contributed by atoms with van der Waals surface area (Å²) in [5, 5.41) is 0. The first-order chi connectivity index (χ1) is 4.76. The van der Waals surface area contributed by atoms with E-state index in [9.17, 15) is 8.78 Å². The molecule has 2 N–H and O–H groups in total. The lowest BCUT2D eigenvalue weighted by Crippen LogP contribution is -2.45. The molecule has 68 valence electrons. The molecule has 2 unspecified atom stereocenters. The fraction of sp³-hybridized carbons (Fsp3) is 1.00. The van der Waals surface area contributed by atoms with E-state index < -0.39 is 12.0 Å². The molecule has 0 bridgehead atoms. The Balaban J connectivity index is 4.13. The van der Waals surface area contributed by atoms with Crippen LogP contribution in [0.15, 0.2) is 0 Å². The second kappa shape index (κ2) is 3.48. The molecule has 0 amide bonds. The van der Waals surface area contributed by atoms with Crippen LogP contribution in [0.25, 0.3) is 0 Å². The van der Waals surface area contributed by atoms with Crippen LogP contribution in [-0.2, 0) is 0 Å². The molecule has 0 aromatic heterocycles. The molecule has 0 aliphatic rings. The maximum absolute atomic E-state index is 12.6. The SMILES string of the molecule is CC(C)C(C)C(N)C(C)(F)F. The molecule has 1 nitrogen and oxygen atoms in total. The van der Waals surface area contributed by atoms with Gasteiger partial charge in [-0.15, -0.1) is 0 Å². The van der Waals surface area contributed by atoms with Gasteiger partial charge in [-0.1, -0.05) is 20.8 Å². The summed E-state index contributed by atoms with van der Waals surface area (Å²) in [4.78, 5) is 0. The van der Waals surface area contributed by atoms with E-state index in [4.69, 9.17) is 5.73 Å². The zero-order valence-electron chi connectivity index (χ0n) is 7.57. The van der Waals surface area contributed by atoms with Crippen LogP contribution >= 0.6 is 0 Å². The summed E-state index contributed by atoms with van der Waals surface area (Å²) >= 11 is 0. The van der Waals surface area contributed by atoms with Crippen LogP contribution in [0.1, 0.15) is 27.7 Å². The molecule has 3 heteroatoms. The lowest BCUT2D eigenvalue weighted by Gasteiger charge is -2.27. The standard InChI is InChI=1S/C8H17F2N/c1-5(2)6(3)7(11)8(4,9)10/h5-7H,11H2,1-4H3. The van der Waals surface area contributed by atoms with Crippen molar-refractivity contribution in [1.82, 2.24) is 0 Å². The zero-order chi connectivity index (χ0) is 9.23. The quantitative estimate of drug-likeness (QED) is 0.682. The van der Waals surface area contributed by atoms with Gasteiger partial charge in [0.15, 0.2) is 0 Å². The van der Waals surface area contributed by atoms with Crippen LogP contribution in [0, 0.1) is 11.8 Å². The first-order valence-electron chi connectivity index (χ1n) is 3.90. The highest BCUT2D eigenvalue weighted by molar-refractivity contribution is 4.81. The molecule has 0 saturated carbocycles. The number of hydrogen-bond donors (Lipinski definition) is 1. The van der Waals surface area contributed by atoms with Gasteiger partial charge in [0.25, 0.3) is 5.92 Å². The second-order valence-corrected chi connectivity index (χ2v) is 3.59. The number of halogens is 2. The van der Waals surface area contributed by atoms with Crippen molar-refractivity contribution in [1.29, 1.82) is 0 Å². The topological polar surface area (TPSA) is 26.0 Å². The summed E-state index contributed by atoms with van der Waals surface area (Å²) in [7, 11) is 0. The van der Waals surface area contributed by atoms with E-state index in [0.717, 1.165) is 6.92 Å². The van der Waals surface area contributed by atoms with Crippen molar-refractivity contribution in [3.63, 3.8) is 0 Å². The predicted octanol–water partition coefficient (Wildman–Crippen LogP) is 2.26. The average molecular weight is 165 g/mol. The van der Waals surface area contributed by atoms with Crippen LogP contribution in [0.3, 0.4) is 0 Å². The summed E-state index contributed by atoms with van der Waals surface area (Å²) in [6, 6.07) is -1.03. The summed E-state index contributed by atoms with van der Waals surface area (Å²) in [5.41, 5.74) is 5.35. The zero-order valence-corrected chi connectivity index (χ0v) is 7.57. The Labute approximate surface area is 67.0 Å². The van der Waals surface area contributed by atoms with Crippen LogP contribution in [0.5, 0.6) is 0 Å². The van der Waals surface area contributed by atoms with Crippen molar-refractivity contribution in [3.05, 3.63) is 0 Å². The Morgan fingerprint density at radius 1 is 1.18 bits per heavy atom. The van der Waals surface area contributed by atoms with E-state index in [0.29, 0.717) is 0 Å². The van der Waals surface area contributed by atoms with Gasteiger partial charge in [-0.05, 0) is 11.8 Å². The monoisotopic (exact) mass is 165 g/mol. The molecule has 0 spiro atoms. The number of alkyl halides is 2. The Hall–Kier alpha value is -0.180. The maximum atomic E-state index is 12.6. The van der Waals surface area contributed by atoms with Crippen LogP contribution in [0.2, 0.25) is 0 Å². The molecular formula is C8H17F2N. The second-order valence-electron chi connectivity index (χ2n) is 3.59. The van der Waals surface area contributed by atoms with Crippen LogP contribution < -0.4 is 5.73 Å². The first kappa shape index (κ1) is 10.8. The normalized spacial score (nSPS) is 18.5. The molecular weight excluding hydrogens is 148 g/mol. The Kier molecular flexibility index (Phi) is 3.42. The first-order valence-corrected chi connectivity index (χ1v) is 3.90. The summed E-state index contributed by atoms with van der Waals surface area (Å²) in [6.07, 6.45) is 0. The molecule has 0 aliphatic heterocycles. The molecule has 0 aliphatic carbocycles. The van der Waals surface area contributed by atoms with Gasteiger partial charge in [0, 0.05) is 6.92 Å². The predicted molar refractivity (Wildman–Crippen MR) is 42.6 cm³/mol. The molecule has 0 fully saturated rings. The lowest BCUT2D eigenvalue weighted by molar-refractivity contribution is -0.0283. The molecule has 0 heterocycles. The fourth-order valence-electron chi connectivity index (χ4n) is 0.876. The van der Waals surface area contributed by atoms with Gasteiger partial charge < -0.3 is 5.73 Å². The molecule has 0 aromatic rings. The molecule has 0 aromatic carbocycles. The smallest absolute Gasteiger partial charge is 0.260 e. The highest BCUT2D eigenvalue weighted by Crippen LogP contribution is 2.25. The molecule has 11 heavy (non-hydrogen) atoms. The number of hydrogen-bond acceptors (Lipinski definition) is 1. The highest BCUT2D eigenvalue weighted by atomic mass is 19.3. The van der Waals surface area contributed by atoms with E-state index in [2.05, 4.69) is 0 Å². The fourth-order valence-corrected chi connectivity index (χ4v) is 0.876. The minimum absolute atomic E-state index is 0.144. The van der Waals surface area contributed by atoms with Gasteiger partial charge >= 0.3 is 0 Å². The largest absolute Gasteiger partial charge is 0.322 e. The van der Waals surface area contributed by atoms with Crippen molar-refractivity contribution in [2.24, 2.45) is 17.6 Å². The minimum Gasteiger partial charge on any atom is -0.322 e. The van der Waals surface area contributed by atoms with Crippen molar-refractivity contribution >= 4 is 0 Å². The van der Waals surface area contributed by atoms with E-state index >= 15 is 0 Å². The van der Waals surface area contributed by atoms with Gasteiger partial charge in [-0.2, -0.15) is 0 Å². The summed E-state index contributed by atoms with van der Waals surface area (Å²) in [6.45, 7) is 6.43. The molecule has 0 saturated heterocycles. The van der Waals surface area contributed by atoms with Gasteiger partial charge in [-0.3, -0.25) is 0 Å². The average Bonchev–Trinajstić information content (AvgIpc) is 1.82. The van der Waals surface area contributed by atoms with Crippen molar-refractivity contribution in [3.8, 4) is 0 Å². The van der Waals surface area contributed by atoms with Crippen molar-refractivity contribution in [2.75, 3.05) is 0 Å². The highest BCUT2D eigenvalue weighted by Gasteiger charge is 2.35. The van der Waals surface area contributed by atoms with E-state index in [1.807, 2.05) is 13.8 Å². The Bertz CT molecular complexity index is 118. The molecule has 2 atom stereocenters. The third-order valence-electron chi connectivity index (χ3n) is 2.20. The minimum atomic E-state index is -2.76. The Morgan fingerprint density at radius 3 is 1.64 bits per heavy atom. The molecule has 0 rings (SSSR count). The molecule has 0 radical (unpaired) electrons. The number of nitrogens with two attached hydrogens (primary N) is 1. The van der Waals surface area contributed by atoms with Crippen LogP contribution in [-0.4, -0.2) is 12.0 Å². The van der Waals surface area contributed by atoms with Gasteiger partial charge in [0.05, 0.1) is 6.04 Å². The summed E-state index contributed by atoms with van der Waals surface area (Å²) < 4.78 is 25.2. The van der Waals surface area contributed by atoms with Crippen molar-refractivity contribution in [2.45, 2.75) is 39.7 Å². The third-order valence-corrected chi connectivity index (χ3v) is 2.20.